The van der Waals surface area contributed by atoms with E-state index >= 15 is 0 Å². The molecule has 6 heteroatoms. The Bertz CT molecular complexity index is 666. The summed E-state index contributed by atoms with van der Waals surface area (Å²) in [5.74, 6) is 1.25. The van der Waals surface area contributed by atoms with Gasteiger partial charge in [0.05, 0.1) is 24.6 Å². The number of carbonyl (C=O) groups excluding carboxylic acids is 1. The molecule has 1 saturated carbocycles. The van der Waals surface area contributed by atoms with Crippen molar-refractivity contribution < 1.29 is 9.53 Å². The average Bonchev–Trinajstić information content (AvgIpc) is 3.41. The maximum Gasteiger partial charge on any atom is 0.259 e. The van der Waals surface area contributed by atoms with Crippen LogP contribution in [0.1, 0.15) is 30.1 Å². The first-order chi connectivity index (χ1) is 11.2. The van der Waals surface area contributed by atoms with Crippen molar-refractivity contribution in [3.63, 3.8) is 0 Å². The number of nitrogens with zero attached hydrogens (tertiary/aromatic N) is 3. The number of amides is 1. The molecule has 0 aromatic carbocycles. The third kappa shape index (κ3) is 3.59. The van der Waals surface area contributed by atoms with Crippen molar-refractivity contribution in [3.8, 4) is 5.88 Å². The Morgan fingerprint density at radius 1 is 1.26 bits per heavy atom. The number of hydrogen-bond donors (Lipinski definition) is 1. The zero-order valence-corrected chi connectivity index (χ0v) is 13.3. The number of nitrogens with one attached hydrogen (secondary N) is 1. The molecule has 0 saturated heterocycles. The third-order valence-corrected chi connectivity index (χ3v) is 3.74. The van der Waals surface area contributed by atoms with Crippen molar-refractivity contribution in [2.75, 3.05) is 23.9 Å². The molecular weight excluding hydrogens is 292 g/mol. The van der Waals surface area contributed by atoms with E-state index in [0.29, 0.717) is 24.0 Å². The van der Waals surface area contributed by atoms with E-state index in [2.05, 4.69) is 15.3 Å². The minimum absolute atomic E-state index is 0.0926. The van der Waals surface area contributed by atoms with Gasteiger partial charge in [0, 0.05) is 24.8 Å². The van der Waals surface area contributed by atoms with Crippen LogP contribution in [-0.2, 0) is 0 Å². The van der Waals surface area contributed by atoms with Crippen LogP contribution in [0.15, 0.2) is 36.7 Å². The summed E-state index contributed by atoms with van der Waals surface area (Å²) in [6.07, 6.45) is 5.64. The van der Waals surface area contributed by atoms with E-state index in [1.807, 2.05) is 19.1 Å². The molecule has 2 aromatic rings. The van der Waals surface area contributed by atoms with Crippen molar-refractivity contribution in [1.29, 1.82) is 0 Å². The zero-order valence-electron chi connectivity index (χ0n) is 13.3. The highest BCUT2D eigenvalue weighted by Crippen LogP contribution is 2.24. The molecule has 0 unspecified atom stereocenters. The van der Waals surface area contributed by atoms with Gasteiger partial charge in [-0.1, -0.05) is 0 Å². The predicted octanol–water partition coefficient (Wildman–Crippen LogP) is 2.73. The van der Waals surface area contributed by atoms with Crippen LogP contribution in [0.4, 0.5) is 11.5 Å². The third-order valence-electron chi connectivity index (χ3n) is 3.74. The molecule has 1 aliphatic carbocycles. The van der Waals surface area contributed by atoms with Gasteiger partial charge >= 0.3 is 0 Å². The van der Waals surface area contributed by atoms with Crippen molar-refractivity contribution in [3.05, 3.63) is 42.2 Å². The van der Waals surface area contributed by atoms with Crippen LogP contribution in [0, 0.1) is 0 Å². The number of carbonyl (C=O) groups is 1. The summed E-state index contributed by atoms with van der Waals surface area (Å²) in [6, 6.07) is 7.77. The summed E-state index contributed by atoms with van der Waals surface area (Å²) >= 11 is 0. The predicted molar refractivity (Wildman–Crippen MR) is 89.0 cm³/mol. The highest BCUT2D eigenvalue weighted by molar-refractivity contribution is 6.05. The number of rotatable bonds is 6. The molecule has 1 N–H and O–H groups in total. The maximum absolute atomic E-state index is 12.7. The molecule has 1 amide bonds. The molecule has 1 fully saturated rings. The summed E-state index contributed by atoms with van der Waals surface area (Å²) in [5, 5.41) is 3.31. The number of pyridine rings is 2. The van der Waals surface area contributed by atoms with Crippen molar-refractivity contribution in [1.82, 2.24) is 9.97 Å². The van der Waals surface area contributed by atoms with Gasteiger partial charge in [-0.2, -0.15) is 0 Å². The topological polar surface area (TPSA) is 67.4 Å². The normalized spacial score (nSPS) is 13.5. The molecule has 6 nitrogen and oxygen atoms in total. The molecule has 0 aliphatic heterocycles. The number of anilines is 2. The number of aromatic nitrogens is 2. The summed E-state index contributed by atoms with van der Waals surface area (Å²) in [4.78, 5) is 22.8. The first-order valence-electron chi connectivity index (χ1n) is 7.75. The molecule has 23 heavy (non-hydrogen) atoms. The fraction of sp³-hybridized carbons (Fsp3) is 0.353. The highest BCUT2D eigenvalue weighted by atomic mass is 16.5. The molecule has 0 atom stereocenters. The van der Waals surface area contributed by atoms with Crippen molar-refractivity contribution in [2.24, 2.45) is 0 Å². The van der Waals surface area contributed by atoms with E-state index in [4.69, 9.17) is 4.74 Å². The lowest BCUT2D eigenvalue weighted by molar-refractivity contribution is 0.0988. The standard InChI is InChI=1S/C17H20N4O2/c1-3-21(14-7-9-16(23-2)19-11-14)17(22)12-4-8-15(18-10-12)20-13-5-6-13/h4,7-11,13H,3,5-6H2,1-2H3,(H,18,20). The van der Waals surface area contributed by atoms with Crippen LogP contribution in [0.5, 0.6) is 5.88 Å². The zero-order chi connectivity index (χ0) is 16.2. The van der Waals surface area contributed by atoms with Gasteiger partial charge in [-0.15, -0.1) is 0 Å². The van der Waals surface area contributed by atoms with Crippen LogP contribution >= 0.6 is 0 Å². The smallest absolute Gasteiger partial charge is 0.259 e. The molecule has 120 valence electrons. The lowest BCUT2D eigenvalue weighted by atomic mass is 10.2. The van der Waals surface area contributed by atoms with Gasteiger partial charge in [0.15, 0.2) is 0 Å². The van der Waals surface area contributed by atoms with Crippen LogP contribution in [0.3, 0.4) is 0 Å². The second-order valence-electron chi connectivity index (χ2n) is 5.46. The Labute approximate surface area is 135 Å². The monoisotopic (exact) mass is 312 g/mol. The summed E-state index contributed by atoms with van der Waals surface area (Å²) < 4.78 is 5.05. The number of hydrogen-bond acceptors (Lipinski definition) is 5. The van der Waals surface area contributed by atoms with E-state index in [-0.39, 0.29) is 5.91 Å². The number of methoxy groups -OCH3 is 1. The molecule has 0 radical (unpaired) electrons. The Kier molecular flexibility index (Phi) is 4.41. The average molecular weight is 312 g/mol. The number of ether oxygens (including phenoxy) is 1. The first-order valence-corrected chi connectivity index (χ1v) is 7.75. The van der Waals surface area contributed by atoms with Gasteiger partial charge < -0.3 is 15.0 Å². The molecule has 2 aromatic heterocycles. The Hall–Kier alpha value is -2.63. The summed E-state index contributed by atoms with van der Waals surface area (Å²) in [5.41, 5.74) is 1.29. The van der Waals surface area contributed by atoms with Gasteiger partial charge in [-0.05, 0) is 38.0 Å². The fourth-order valence-electron chi connectivity index (χ4n) is 2.29. The van der Waals surface area contributed by atoms with Crippen LogP contribution in [0.2, 0.25) is 0 Å². The van der Waals surface area contributed by atoms with Gasteiger partial charge in [0.2, 0.25) is 5.88 Å². The fourth-order valence-corrected chi connectivity index (χ4v) is 2.29. The first kappa shape index (κ1) is 15.3. The summed E-state index contributed by atoms with van der Waals surface area (Å²) in [7, 11) is 1.56. The van der Waals surface area contributed by atoms with Gasteiger partial charge in [0.25, 0.3) is 5.91 Å². The highest BCUT2D eigenvalue weighted by Gasteiger charge is 2.22. The van der Waals surface area contributed by atoms with E-state index in [0.717, 1.165) is 11.5 Å². The van der Waals surface area contributed by atoms with Gasteiger partial charge in [0.1, 0.15) is 5.82 Å². The molecule has 1 aliphatic rings. The van der Waals surface area contributed by atoms with Gasteiger partial charge in [-0.3, -0.25) is 4.79 Å². The van der Waals surface area contributed by atoms with Crippen molar-refractivity contribution in [2.45, 2.75) is 25.8 Å². The SMILES string of the molecule is CCN(C(=O)c1ccc(NC2CC2)nc1)c1ccc(OC)nc1. The largest absolute Gasteiger partial charge is 0.481 e. The summed E-state index contributed by atoms with van der Waals surface area (Å²) in [6.45, 7) is 2.48. The van der Waals surface area contributed by atoms with E-state index in [1.54, 1.807) is 36.5 Å². The molecule has 0 spiro atoms. The van der Waals surface area contributed by atoms with E-state index in [1.165, 1.54) is 12.8 Å². The van der Waals surface area contributed by atoms with E-state index < -0.39 is 0 Å². The Balaban J connectivity index is 1.75. The van der Waals surface area contributed by atoms with Crippen LogP contribution in [-0.4, -0.2) is 35.6 Å². The lowest BCUT2D eigenvalue weighted by Crippen LogP contribution is -2.30. The Morgan fingerprint density at radius 2 is 2.09 bits per heavy atom. The lowest BCUT2D eigenvalue weighted by Gasteiger charge is -2.20. The van der Waals surface area contributed by atoms with Crippen LogP contribution < -0.4 is 15.0 Å². The molecule has 2 heterocycles. The minimum Gasteiger partial charge on any atom is -0.481 e. The van der Waals surface area contributed by atoms with Crippen LogP contribution in [0.25, 0.3) is 0 Å². The van der Waals surface area contributed by atoms with Gasteiger partial charge in [-0.25, -0.2) is 9.97 Å². The quantitative estimate of drug-likeness (QED) is 0.888. The van der Waals surface area contributed by atoms with E-state index in [9.17, 15) is 4.79 Å². The molecular formula is C17H20N4O2. The molecule has 3 rings (SSSR count). The second kappa shape index (κ2) is 6.64. The molecule has 0 bridgehead atoms. The Morgan fingerprint density at radius 3 is 2.61 bits per heavy atom. The second-order valence-corrected chi connectivity index (χ2v) is 5.46. The minimum atomic E-state index is -0.0926. The maximum atomic E-state index is 12.7. The van der Waals surface area contributed by atoms with Crippen molar-refractivity contribution >= 4 is 17.4 Å².